The van der Waals surface area contributed by atoms with Gasteiger partial charge in [0, 0.05) is 52.2 Å². The van der Waals surface area contributed by atoms with Crippen LogP contribution in [0.15, 0.2) is 18.2 Å². The van der Waals surface area contributed by atoms with E-state index in [4.69, 9.17) is 14.2 Å². The van der Waals surface area contributed by atoms with Gasteiger partial charge in [-0.25, -0.2) is 0 Å². The third-order valence-electron chi connectivity index (χ3n) is 7.25. The highest BCUT2D eigenvalue weighted by atomic mass is 16.5. The molecule has 0 aromatic heterocycles. The van der Waals surface area contributed by atoms with Crippen molar-refractivity contribution in [2.75, 3.05) is 73.7 Å². The van der Waals surface area contributed by atoms with Crippen molar-refractivity contribution in [2.45, 2.75) is 45.6 Å². The highest BCUT2D eigenvalue weighted by Crippen LogP contribution is 2.29. The SMILES string of the molecule is COc1ccc(CCN(C)C(=O)CC[C@@H]2CN(CC(C)C)CC[C@@H]2N2CCOCC2)cc1OC. The number of morpholine rings is 1. The smallest absolute Gasteiger partial charge is 0.222 e. The Labute approximate surface area is 206 Å². The number of methoxy groups -OCH3 is 2. The first-order valence-electron chi connectivity index (χ1n) is 12.9. The number of carbonyl (C=O) groups excluding carboxylic acids is 1. The van der Waals surface area contributed by atoms with E-state index < -0.39 is 0 Å². The van der Waals surface area contributed by atoms with Gasteiger partial charge >= 0.3 is 0 Å². The predicted octanol–water partition coefficient (Wildman–Crippen LogP) is 3.16. The molecule has 0 N–H and O–H groups in total. The van der Waals surface area contributed by atoms with Crippen molar-refractivity contribution in [2.24, 2.45) is 11.8 Å². The summed E-state index contributed by atoms with van der Waals surface area (Å²) in [4.78, 5) is 20.1. The molecule has 192 valence electrons. The Balaban J connectivity index is 1.53. The monoisotopic (exact) mass is 475 g/mol. The molecule has 0 saturated carbocycles. The number of ether oxygens (including phenoxy) is 3. The zero-order valence-corrected chi connectivity index (χ0v) is 21.9. The number of carbonyl (C=O) groups is 1. The van der Waals surface area contributed by atoms with Crippen LogP contribution in [0.25, 0.3) is 0 Å². The van der Waals surface area contributed by atoms with Crippen LogP contribution in [0, 0.1) is 11.8 Å². The molecule has 2 fully saturated rings. The highest BCUT2D eigenvalue weighted by Gasteiger charge is 2.34. The molecule has 2 aliphatic rings. The Morgan fingerprint density at radius 2 is 1.88 bits per heavy atom. The Morgan fingerprint density at radius 3 is 2.56 bits per heavy atom. The quantitative estimate of drug-likeness (QED) is 0.490. The lowest BCUT2D eigenvalue weighted by Gasteiger charge is -2.45. The lowest BCUT2D eigenvalue weighted by atomic mass is 9.86. The van der Waals surface area contributed by atoms with Crippen LogP contribution in [-0.4, -0.2) is 100 Å². The van der Waals surface area contributed by atoms with Crippen molar-refractivity contribution in [3.63, 3.8) is 0 Å². The maximum absolute atomic E-state index is 13.0. The third kappa shape index (κ3) is 7.59. The van der Waals surface area contributed by atoms with Crippen LogP contribution in [0.2, 0.25) is 0 Å². The second-order valence-electron chi connectivity index (χ2n) is 10.2. The van der Waals surface area contributed by atoms with Crippen molar-refractivity contribution in [1.82, 2.24) is 14.7 Å². The number of hydrogen-bond donors (Lipinski definition) is 0. The van der Waals surface area contributed by atoms with Gasteiger partial charge in [-0.15, -0.1) is 0 Å². The number of likely N-dealkylation sites (N-methyl/N-ethyl adjacent to an activating group) is 1. The topological polar surface area (TPSA) is 54.5 Å². The molecule has 1 aromatic rings. The summed E-state index contributed by atoms with van der Waals surface area (Å²) in [7, 11) is 5.21. The number of likely N-dealkylation sites (tertiary alicyclic amines) is 1. The lowest BCUT2D eigenvalue weighted by Crippen LogP contribution is -2.54. The van der Waals surface area contributed by atoms with E-state index >= 15 is 0 Å². The molecule has 0 spiro atoms. The van der Waals surface area contributed by atoms with E-state index in [-0.39, 0.29) is 5.91 Å². The molecule has 1 amide bonds. The maximum Gasteiger partial charge on any atom is 0.222 e. The molecule has 0 radical (unpaired) electrons. The molecule has 0 bridgehead atoms. The molecule has 0 aliphatic carbocycles. The first-order chi connectivity index (χ1) is 16.4. The molecule has 2 aliphatic heterocycles. The number of piperidine rings is 1. The van der Waals surface area contributed by atoms with E-state index in [2.05, 4.69) is 23.6 Å². The second-order valence-corrected chi connectivity index (χ2v) is 10.2. The van der Waals surface area contributed by atoms with Gasteiger partial charge in [0.2, 0.25) is 5.91 Å². The lowest BCUT2D eigenvalue weighted by molar-refractivity contribution is -0.130. The summed E-state index contributed by atoms with van der Waals surface area (Å²) in [5.41, 5.74) is 1.14. The van der Waals surface area contributed by atoms with E-state index in [1.165, 1.54) is 6.42 Å². The van der Waals surface area contributed by atoms with Crippen molar-refractivity contribution in [1.29, 1.82) is 0 Å². The van der Waals surface area contributed by atoms with Gasteiger partial charge in [-0.05, 0) is 55.3 Å². The molecule has 34 heavy (non-hydrogen) atoms. The normalized spacial score (nSPS) is 22.1. The van der Waals surface area contributed by atoms with Gasteiger partial charge in [-0.1, -0.05) is 19.9 Å². The van der Waals surface area contributed by atoms with Crippen LogP contribution in [0.4, 0.5) is 0 Å². The molecule has 1 aromatic carbocycles. The van der Waals surface area contributed by atoms with E-state index in [0.29, 0.717) is 30.8 Å². The number of hydrogen-bond acceptors (Lipinski definition) is 6. The van der Waals surface area contributed by atoms with Crippen molar-refractivity contribution >= 4 is 5.91 Å². The highest BCUT2D eigenvalue weighted by molar-refractivity contribution is 5.75. The summed E-state index contributed by atoms with van der Waals surface area (Å²) in [5.74, 6) is 2.90. The van der Waals surface area contributed by atoms with Crippen LogP contribution in [0.3, 0.4) is 0 Å². The number of amides is 1. The summed E-state index contributed by atoms with van der Waals surface area (Å²) < 4.78 is 16.3. The molecular weight excluding hydrogens is 430 g/mol. The summed E-state index contributed by atoms with van der Waals surface area (Å²) >= 11 is 0. The van der Waals surface area contributed by atoms with E-state index in [0.717, 1.165) is 75.8 Å². The second kappa shape index (κ2) is 13.3. The van der Waals surface area contributed by atoms with Gasteiger partial charge in [0.05, 0.1) is 27.4 Å². The maximum atomic E-state index is 13.0. The molecule has 7 nitrogen and oxygen atoms in total. The minimum atomic E-state index is 0.238. The molecular formula is C27H45N3O4. The molecule has 2 saturated heterocycles. The van der Waals surface area contributed by atoms with Crippen LogP contribution >= 0.6 is 0 Å². The van der Waals surface area contributed by atoms with Crippen LogP contribution < -0.4 is 9.47 Å². The summed E-state index contributed by atoms with van der Waals surface area (Å²) in [6.07, 6.45) is 3.56. The first kappa shape index (κ1) is 26.8. The summed E-state index contributed by atoms with van der Waals surface area (Å²) in [6.45, 7) is 12.4. The molecule has 7 heteroatoms. The Kier molecular flexibility index (Phi) is 10.5. The minimum absolute atomic E-state index is 0.238. The van der Waals surface area contributed by atoms with Gasteiger partial charge in [0.25, 0.3) is 0 Å². The predicted molar refractivity (Wildman–Crippen MR) is 136 cm³/mol. The number of rotatable bonds is 11. The third-order valence-corrected chi connectivity index (χ3v) is 7.25. The largest absolute Gasteiger partial charge is 0.493 e. The van der Waals surface area contributed by atoms with Crippen LogP contribution in [-0.2, 0) is 16.0 Å². The molecule has 0 unspecified atom stereocenters. The van der Waals surface area contributed by atoms with Gasteiger partial charge in [-0.2, -0.15) is 0 Å². The van der Waals surface area contributed by atoms with Crippen LogP contribution in [0.5, 0.6) is 11.5 Å². The first-order valence-corrected chi connectivity index (χ1v) is 12.9. The van der Waals surface area contributed by atoms with Crippen molar-refractivity contribution in [3.05, 3.63) is 23.8 Å². The van der Waals surface area contributed by atoms with Crippen LogP contribution in [0.1, 0.15) is 38.7 Å². The summed E-state index contributed by atoms with van der Waals surface area (Å²) in [5, 5.41) is 0. The minimum Gasteiger partial charge on any atom is -0.493 e. The Bertz CT molecular complexity index is 766. The molecule has 2 heterocycles. The average Bonchev–Trinajstić information content (AvgIpc) is 2.85. The van der Waals surface area contributed by atoms with Gasteiger partial charge in [-0.3, -0.25) is 9.69 Å². The van der Waals surface area contributed by atoms with E-state index in [9.17, 15) is 4.79 Å². The molecule has 3 rings (SSSR count). The zero-order chi connectivity index (χ0) is 24.5. The fraction of sp³-hybridized carbons (Fsp3) is 0.741. The van der Waals surface area contributed by atoms with E-state index in [1.54, 1.807) is 14.2 Å². The Morgan fingerprint density at radius 1 is 1.15 bits per heavy atom. The summed E-state index contributed by atoms with van der Waals surface area (Å²) in [6, 6.07) is 6.53. The van der Waals surface area contributed by atoms with Crippen molar-refractivity contribution in [3.8, 4) is 11.5 Å². The fourth-order valence-corrected chi connectivity index (χ4v) is 5.41. The number of nitrogens with zero attached hydrogens (tertiary/aromatic N) is 3. The average molecular weight is 476 g/mol. The molecule has 2 atom stereocenters. The van der Waals surface area contributed by atoms with E-state index in [1.807, 2.05) is 30.1 Å². The fourth-order valence-electron chi connectivity index (χ4n) is 5.41. The standard InChI is InChI=1S/C27H45N3O4/c1-21(2)19-29-13-11-24(30-14-16-34-17-15-30)23(20-29)7-9-27(31)28(3)12-10-22-6-8-25(32-4)26(18-22)33-5/h6,8,18,21,23-24H,7,9-17,19-20H2,1-5H3/t23-,24+/m1/s1. The number of benzene rings is 1. The van der Waals surface area contributed by atoms with Gasteiger partial charge < -0.3 is 24.0 Å². The van der Waals surface area contributed by atoms with Gasteiger partial charge in [0.15, 0.2) is 11.5 Å². The van der Waals surface area contributed by atoms with Gasteiger partial charge in [0.1, 0.15) is 0 Å². The van der Waals surface area contributed by atoms with Crippen molar-refractivity contribution < 1.29 is 19.0 Å². The zero-order valence-electron chi connectivity index (χ0n) is 21.9. The Hall–Kier alpha value is -1.83.